The van der Waals surface area contributed by atoms with Crippen molar-refractivity contribution in [1.82, 2.24) is 4.98 Å². The molecule has 2 aliphatic carbocycles. The minimum atomic E-state index is -0.587. The number of furan rings is 1. The monoisotopic (exact) mass is 737 g/mol. The minimum Gasteiger partial charge on any atom is -0.459 e. The molecular formula is C56H35NO. The Labute approximate surface area is 337 Å². The maximum Gasteiger partial charge on any atom is 0.135 e. The number of aromatic nitrogens is 1. The van der Waals surface area contributed by atoms with E-state index in [2.05, 4.69) is 212 Å². The molecule has 2 aromatic heterocycles. The summed E-state index contributed by atoms with van der Waals surface area (Å²) in [5.74, 6) is 1.01. The van der Waals surface area contributed by atoms with E-state index in [0.717, 1.165) is 50.4 Å². The second-order valence-electron chi connectivity index (χ2n) is 15.4. The molecule has 0 saturated carbocycles. The molecule has 1 spiro atoms. The Morgan fingerprint density at radius 1 is 0.328 bits per heavy atom. The van der Waals surface area contributed by atoms with E-state index in [1.807, 2.05) is 0 Å². The molecule has 0 radical (unpaired) electrons. The third-order valence-corrected chi connectivity index (χ3v) is 12.3. The van der Waals surface area contributed by atoms with Crippen molar-refractivity contribution in [1.29, 1.82) is 0 Å². The molecule has 58 heavy (non-hydrogen) atoms. The summed E-state index contributed by atoms with van der Waals surface area (Å²) in [6.45, 7) is 0. The maximum atomic E-state index is 7.02. The first-order valence-electron chi connectivity index (χ1n) is 20.0. The van der Waals surface area contributed by atoms with E-state index >= 15 is 0 Å². The molecule has 270 valence electrons. The largest absolute Gasteiger partial charge is 0.459 e. The van der Waals surface area contributed by atoms with Gasteiger partial charge in [0.25, 0.3) is 0 Å². The number of rotatable bonds is 5. The van der Waals surface area contributed by atoms with Crippen LogP contribution in [0.3, 0.4) is 0 Å². The van der Waals surface area contributed by atoms with E-state index in [9.17, 15) is 0 Å². The zero-order chi connectivity index (χ0) is 38.2. The molecule has 0 aliphatic heterocycles. The van der Waals surface area contributed by atoms with Gasteiger partial charge in [-0.3, -0.25) is 0 Å². The average Bonchev–Trinajstić information content (AvgIpc) is 3.93. The van der Waals surface area contributed by atoms with Crippen molar-refractivity contribution in [3.63, 3.8) is 0 Å². The number of fused-ring (bicyclic) bond motifs is 12. The summed E-state index contributed by atoms with van der Waals surface area (Å²) in [5.41, 5.74) is 20.1. The molecule has 1 unspecified atom stereocenters. The van der Waals surface area contributed by atoms with E-state index in [1.165, 1.54) is 61.2 Å². The molecular weight excluding hydrogens is 703 g/mol. The third-order valence-electron chi connectivity index (χ3n) is 12.3. The average molecular weight is 738 g/mol. The van der Waals surface area contributed by atoms with Crippen LogP contribution in [0.2, 0.25) is 0 Å². The van der Waals surface area contributed by atoms with Crippen LogP contribution < -0.4 is 0 Å². The van der Waals surface area contributed by atoms with E-state index < -0.39 is 5.41 Å². The van der Waals surface area contributed by atoms with Crippen LogP contribution >= 0.6 is 0 Å². The van der Waals surface area contributed by atoms with Gasteiger partial charge in [-0.25, -0.2) is 4.98 Å². The van der Waals surface area contributed by atoms with Crippen molar-refractivity contribution in [2.75, 3.05) is 0 Å². The van der Waals surface area contributed by atoms with Crippen molar-refractivity contribution < 1.29 is 4.42 Å². The quantitative estimate of drug-likeness (QED) is 0.176. The van der Waals surface area contributed by atoms with Gasteiger partial charge < -0.3 is 4.42 Å². The van der Waals surface area contributed by atoms with Gasteiger partial charge in [-0.1, -0.05) is 188 Å². The fourth-order valence-corrected chi connectivity index (χ4v) is 9.86. The summed E-state index contributed by atoms with van der Waals surface area (Å²) in [6, 6.07) is 76.5. The van der Waals surface area contributed by atoms with Crippen LogP contribution in [-0.4, -0.2) is 4.98 Å². The predicted octanol–water partition coefficient (Wildman–Crippen LogP) is 14.5. The predicted molar refractivity (Wildman–Crippen MR) is 237 cm³/mol. The number of nitrogens with zero attached hydrogens (tertiary/aromatic N) is 1. The zero-order valence-corrected chi connectivity index (χ0v) is 31.6. The minimum absolute atomic E-state index is 0.587. The second-order valence-corrected chi connectivity index (χ2v) is 15.4. The Morgan fingerprint density at radius 2 is 0.845 bits per heavy atom. The van der Waals surface area contributed by atoms with Gasteiger partial charge in [-0.15, -0.1) is 0 Å². The Morgan fingerprint density at radius 3 is 1.60 bits per heavy atom. The van der Waals surface area contributed by atoms with Crippen molar-refractivity contribution in [3.8, 4) is 78.1 Å². The fraction of sp³-hybridized carbons (Fsp3) is 0.0179. The lowest BCUT2D eigenvalue weighted by molar-refractivity contribution is 0.507. The van der Waals surface area contributed by atoms with Gasteiger partial charge in [-0.05, 0) is 91.0 Å². The first-order valence-corrected chi connectivity index (χ1v) is 20.0. The number of pyridine rings is 1. The number of hydrogen-bond acceptors (Lipinski definition) is 2. The maximum absolute atomic E-state index is 7.02. The Kier molecular flexibility index (Phi) is 7.18. The lowest BCUT2D eigenvalue weighted by Gasteiger charge is -2.28. The van der Waals surface area contributed by atoms with E-state index in [0.29, 0.717) is 0 Å². The summed E-state index contributed by atoms with van der Waals surface area (Å²) < 4.78 is 7.02. The van der Waals surface area contributed by atoms with Gasteiger partial charge in [0, 0.05) is 22.1 Å². The first-order chi connectivity index (χ1) is 28.8. The van der Waals surface area contributed by atoms with Gasteiger partial charge in [0.2, 0.25) is 0 Å². The van der Waals surface area contributed by atoms with Crippen LogP contribution in [0.5, 0.6) is 0 Å². The molecule has 2 heterocycles. The topological polar surface area (TPSA) is 26.0 Å². The van der Waals surface area contributed by atoms with Crippen molar-refractivity contribution in [2.45, 2.75) is 5.41 Å². The van der Waals surface area contributed by atoms with E-state index in [4.69, 9.17) is 9.40 Å². The summed E-state index contributed by atoms with van der Waals surface area (Å²) in [7, 11) is 0. The fourth-order valence-electron chi connectivity index (χ4n) is 9.86. The van der Waals surface area contributed by atoms with Crippen LogP contribution in [0.1, 0.15) is 22.5 Å². The Balaban J connectivity index is 1.10. The normalized spacial score (nSPS) is 14.6. The van der Waals surface area contributed by atoms with Gasteiger partial charge in [-0.2, -0.15) is 0 Å². The lowest BCUT2D eigenvalue weighted by atomic mass is 9.73. The molecule has 12 rings (SSSR count). The van der Waals surface area contributed by atoms with E-state index in [1.54, 1.807) is 0 Å². The molecule has 0 fully saturated rings. The summed E-state index contributed by atoms with van der Waals surface area (Å²) in [6.07, 6.45) is 0. The Hall–Kier alpha value is -7.55. The molecule has 2 aliphatic rings. The van der Waals surface area contributed by atoms with Crippen LogP contribution in [-0.2, 0) is 5.41 Å². The standard InChI is InChI=1S/C56H35NO/c1-3-17-36(18-4-1)38-21-15-22-39(33-38)51-35-40(34-50(57-51)37-19-5-2-6-20-37)41-23-7-8-24-42(41)43-28-16-31-49-53(43)44-25-9-12-29-47(44)56(49)48-30-13-10-26-45(48)54-46-27-11-14-32-52(46)58-55(54)56/h1-35H. The highest BCUT2D eigenvalue weighted by Crippen LogP contribution is 2.65. The van der Waals surface area contributed by atoms with Crippen LogP contribution in [0, 0.1) is 0 Å². The van der Waals surface area contributed by atoms with Crippen molar-refractivity contribution in [3.05, 3.63) is 235 Å². The summed E-state index contributed by atoms with van der Waals surface area (Å²) in [4.78, 5) is 5.32. The molecule has 10 aromatic rings. The molecule has 2 heteroatoms. The molecule has 0 N–H and O–H groups in total. The first kappa shape index (κ1) is 32.7. The number of para-hydroxylation sites is 1. The molecule has 0 saturated heterocycles. The number of benzene rings is 8. The molecule has 2 nitrogen and oxygen atoms in total. The molecule has 8 aromatic carbocycles. The zero-order valence-electron chi connectivity index (χ0n) is 31.6. The van der Waals surface area contributed by atoms with Crippen molar-refractivity contribution in [2.24, 2.45) is 0 Å². The molecule has 0 amide bonds. The highest BCUT2D eigenvalue weighted by atomic mass is 16.3. The highest BCUT2D eigenvalue weighted by molar-refractivity contribution is 6.06. The van der Waals surface area contributed by atoms with Crippen LogP contribution in [0.4, 0.5) is 0 Å². The van der Waals surface area contributed by atoms with E-state index in [-0.39, 0.29) is 0 Å². The van der Waals surface area contributed by atoms with Crippen LogP contribution in [0.15, 0.2) is 217 Å². The third kappa shape index (κ3) is 4.69. The smallest absolute Gasteiger partial charge is 0.135 e. The SMILES string of the molecule is c1ccc(-c2cccc(-c3cc(-c4ccccc4-c4cccc5c4-c4ccccc4C54c5ccccc5-c5c4oc4ccccc54)cc(-c4ccccc4)n3)c2)cc1. The lowest BCUT2D eigenvalue weighted by Crippen LogP contribution is -2.25. The molecule has 1 atom stereocenters. The van der Waals surface area contributed by atoms with Gasteiger partial charge >= 0.3 is 0 Å². The summed E-state index contributed by atoms with van der Waals surface area (Å²) >= 11 is 0. The van der Waals surface area contributed by atoms with Gasteiger partial charge in [0.15, 0.2) is 0 Å². The second kappa shape index (κ2) is 12.7. The van der Waals surface area contributed by atoms with Crippen LogP contribution in [0.25, 0.3) is 89.1 Å². The molecule has 0 bridgehead atoms. The van der Waals surface area contributed by atoms with Gasteiger partial charge in [0.1, 0.15) is 16.8 Å². The number of hydrogen-bond donors (Lipinski definition) is 0. The Bertz CT molecular complexity index is 3230. The summed E-state index contributed by atoms with van der Waals surface area (Å²) in [5, 5.41) is 1.16. The van der Waals surface area contributed by atoms with Crippen molar-refractivity contribution >= 4 is 11.0 Å². The highest BCUT2D eigenvalue weighted by Gasteiger charge is 2.55. The van der Waals surface area contributed by atoms with Gasteiger partial charge in [0.05, 0.1) is 11.4 Å².